The van der Waals surface area contributed by atoms with Crippen molar-refractivity contribution in [2.24, 2.45) is 5.92 Å². The molecule has 152 valence electrons. The lowest BCUT2D eigenvalue weighted by Gasteiger charge is -2.45. The van der Waals surface area contributed by atoms with Crippen LogP contribution in [-0.2, 0) is 11.3 Å². The maximum atomic E-state index is 12.0. The number of morpholine rings is 1. The number of furan rings is 1. The van der Waals surface area contributed by atoms with E-state index < -0.39 is 0 Å². The maximum absolute atomic E-state index is 12.0. The van der Waals surface area contributed by atoms with Gasteiger partial charge in [0.2, 0.25) is 0 Å². The molecule has 2 atom stereocenters. The number of nitrogens with zero attached hydrogens (tertiary/aromatic N) is 3. The first-order chi connectivity index (χ1) is 13.1. The van der Waals surface area contributed by atoms with E-state index in [-0.39, 0.29) is 12.5 Å². The number of likely N-dealkylation sites (tertiary alicyclic amines) is 1. The van der Waals surface area contributed by atoms with Gasteiger partial charge in [-0.3, -0.25) is 14.6 Å². The molecule has 0 aromatic carbocycles. The van der Waals surface area contributed by atoms with Crippen molar-refractivity contribution in [3.8, 4) is 0 Å². The predicted molar refractivity (Wildman–Crippen MR) is 103 cm³/mol. The van der Waals surface area contributed by atoms with Gasteiger partial charge in [0.05, 0.1) is 19.8 Å². The molecule has 3 rings (SSSR count). The minimum atomic E-state index is -0.104. The zero-order valence-electron chi connectivity index (χ0n) is 16.6. The Balaban J connectivity index is 1.60. The summed E-state index contributed by atoms with van der Waals surface area (Å²) in [6.07, 6.45) is 3.01. The number of aliphatic hydroxyl groups excluding tert-OH is 1. The average Bonchev–Trinajstić information content (AvgIpc) is 3.14. The summed E-state index contributed by atoms with van der Waals surface area (Å²) < 4.78 is 11.3. The van der Waals surface area contributed by atoms with Crippen molar-refractivity contribution in [3.63, 3.8) is 0 Å². The highest BCUT2D eigenvalue weighted by Gasteiger charge is 2.33. The molecule has 7 heteroatoms. The number of hydrogen-bond donors (Lipinski definition) is 1. The molecule has 2 aliphatic rings. The quantitative estimate of drug-likeness (QED) is 0.770. The molecular weight excluding hydrogens is 346 g/mol. The van der Waals surface area contributed by atoms with Gasteiger partial charge in [0, 0.05) is 52.9 Å². The van der Waals surface area contributed by atoms with E-state index in [9.17, 15) is 9.90 Å². The summed E-state index contributed by atoms with van der Waals surface area (Å²) in [4.78, 5) is 18.5. The fourth-order valence-electron chi connectivity index (χ4n) is 4.28. The van der Waals surface area contributed by atoms with Crippen LogP contribution in [0, 0.1) is 5.92 Å². The van der Waals surface area contributed by atoms with Gasteiger partial charge in [-0.05, 0) is 37.3 Å². The molecule has 27 heavy (non-hydrogen) atoms. The van der Waals surface area contributed by atoms with Crippen molar-refractivity contribution in [2.75, 3.05) is 60.1 Å². The maximum Gasteiger partial charge on any atom is 0.289 e. The van der Waals surface area contributed by atoms with Crippen LogP contribution < -0.4 is 0 Å². The molecule has 3 heterocycles. The first-order valence-electron chi connectivity index (χ1n) is 10.0. The standard InChI is InChI=1S/C20H33N3O4/c1-21(2)20(25)19-6-5-17(27-19)15-22-8-7-18(16(14-22)4-3-11-24)23-9-12-26-13-10-23/h5-6,16,18,24H,3-4,7-15H2,1-2H3/t16-,18+/m1/s1. The normalized spacial score (nSPS) is 24.9. The van der Waals surface area contributed by atoms with Crippen LogP contribution in [0.1, 0.15) is 35.6 Å². The van der Waals surface area contributed by atoms with Crippen LogP contribution in [0.25, 0.3) is 0 Å². The largest absolute Gasteiger partial charge is 0.455 e. The Morgan fingerprint density at radius 3 is 2.74 bits per heavy atom. The number of rotatable bonds is 7. The zero-order valence-corrected chi connectivity index (χ0v) is 16.6. The fourth-order valence-corrected chi connectivity index (χ4v) is 4.28. The fraction of sp³-hybridized carbons (Fsp3) is 0.750. The van der Waals surface area contributed by atoms with Crippen molar-refractivity contribution < 1.29 is 19.1 Å². The van der Waals surface area contributed by atoms with E-state index in [2.05, 4.69) is 9.80 Å². The van der Waals surface area contributed by atoms with Gasteiger partial charge in [0.1, 0.15) is 5.76 Å². The third kappa shape index (κ3) is 5.31. The van der Waals surface area contributed by atoms with Gasteiger partial charge in [-0.1, -0.05) is 0 Å². The second-order valence-electron chi connectivity index (χ2n) is 7.83. The van der Waals surface area contributed by atoms with E-state index in [4.69, 9.17) is 9.15 Å². The Hall–Kier alpha value is -1.41. The van der Waals surface area contributed by atoms with Gasteiger partial charge < -0.3 is 19.2 Å². The molecule has 1 N–H and O–H groups in total. The lowest BCUT2D eigenvalue weighted by molar-refractivity contribution is -0.0238. The minimum Gasteiger partial charge on any atom is -0.455 e. The van der Waals surface area contributed by atoms with Crippen molar-refractivity contribution in [2.45, 2.75) is 31.8 Å². The van der Waals surface area contributed by atoms with E-state index in [0.29, 0.717) is 17.7 Å². The molecule has 0 radical (unpaired) electrons. The highest BCUT2D eigenvalue weighted by atomic mass is 16.5. The number of amides is 1. The molecule has 2 fully saturated rings. The average molecular weight is 380 g/mol. The third-order valence-corrected chi connectivity index (χ3v) is 5.68. The topological polar surface area (TPSA) is 69.4 Å². The van der Waals surface area contributed by atoms with Gasteiger partial charge >= 0.3 is 0 Å². The molecular formula is C20H33N3O4. The van der Waals surface area contributed by atoms with Crippen LogP contribution in [0.4, 0.5) is 0 Å². The summed E-state index contributed by atoms with van der Waals surface area (Å²) in [6, 6.07) is 4.24. The number of ether oxygens (including phenoxy) is 1. The monoisotopic (exact) mass is 379 g/mol. The predicted octanol–water partition coefficient (Wildman–Crippen LogP) is 1.28. The molecule has 0 bridgehead atoms. The first-order valence-corrected chi connectivity index (χ1v) is 10.0. The molecule has 2 saturated heterocycles. The Bertz CT molecular complexity index is 598. The van der Waals surface area contributed by atoms with Gasteiger partial charge in [0.25, 0.3) is 5.91 Å². The lowest BCUT2D eigenvalue weighted by Crippen LogP contribution is -2.53. The highest BCUT2D eigenvalue weighted by Crippen LogP contribution is 2.28. The van der Waals surface area contributed by atoms with Crippen LogP contribution in [-0.4, -0.2) is 91.9 Å². The van der Waals surface area contributed by atoms with Crippen LogP contribution in [0.5, 0.6) is 0 Å². The molecule has 7 nitrogen and oxygen atoms in total. The van der Waals surface area contributed by atoms with Crippen molar-refractivity contribution in [3.05, 3.63) is 23.7 Å². The number of piperidine rings is 1. The van der Waals surface area contributed by atoms with Crippen molar-refractivity contribution >= 4 is 5.91 Å². The van der Waals surface area contributed by atoms with Gasteiger partial charge in [-0.2, -0.15) is 0 Å². The van der Waals surface area contributed by atoms with E-state index in [1.54, 1.807) is 20.2 Å². The highest BCUT2D eigenvalue weighted by molar-refractivity contribution is 5.91. The van der Waals surface area contributed by atoms with Crippen molar-refractivity contribution in [1.82, 2.24) is 14.7 Å². The summed E-state index contributed by atoms with van der Waals surface area (Å²) >= 11 is 0. The number of carbonyl (C=O) groups is 1. The smallest absolute Gasteiger partial charge is 0.289 e. The summed E-state index contributed by atoms with van der Waals surface area (Å²) in [6.45, 7) is 6.66. The number of aliphatic hydroxyl groups is 1. The van der Waals surface area contributed by atoms with Crippen LogP contribution in [0.15, 0.2) is 16.5 Å². The first kappa shape index (κ1) is 20.3. The third-order valence-electron chi connectivity index (χ3n) is 5.68. The zero-order chi connectivity index (χ0) is 19.2. The summed E-state index contributed by atoms with van der Waals surface area (Å²) in [7, 11) is 3.46. The molecule has 0 spiro atoms. The molecule has 1 aromatic heterocycles. The van der Waals surface area contributed by atoms with Gasteiger partial charge in [-0.15, -0.1) is 0 Å². The summed E-state index contributed by atoms with van der Waals surface area (Å²) in [5.41, 5.74) is 0. The molecule has 0 aliphatic carbocycles. The second kappa shape index (κ2) is 9.68. The molecule has 0 saturated carbocycles. The Morgan fingerprint density at radius 2 is 2.04 bits per heavy atom. The van der Waals surface area contributed by atoms with Gasteiger partial charge in [0.15, 0.2) is 5.76 Å². The molecule has 0 unspecified atom stereocenters. The molecule has 2 aliphatic heterocycles. The second-order valence-corrected chi connectivity index (χ2v) is 7.83. The minimum absolute atomic E-state index is 0.104. The Morgan fingerprint density at radius 1 is 1.26 bits per heavy atom. The van der Waals surface area contributed by atoms with E-state index in [0.717, 1.165) is 71.0 Å². The van der Waals surface area contributed by atoms with E-state index in [1.165, 1.54) is 4.90 Å². The summed E-state index contributed by atoms with van der Waals surface area (Å²) in [5, 5.41) is 9.30. The summed E-state index contributed by atoms with van der Waals surface area (Å²) in [5.74, 6) is 1.68. The van der Waals surface area contributed by atoms with Gasteiger partial charge in [-0.25, -0.2) is 0 Å². The van der Waals surface area contributed by atoms with E-state index in [1.807, 2.05) is 6.07 Å². The van der Waals surface area contributed by atoms with Crippen LogP contribution >= 0.6 is 0 Å². The molecule has 1 aromatic rings. The van der Waals surface area contributed by atoms with Crippen LogP contribution in [0.3, 0.4) is 0 Å². The van der Waals surface area contributed by atoms with Crippen LogP contribution in [0.2, 0.25) is 0 Å². The molecule has 1 amide bonds. The lowest BCUT2D eigenvalue weighted by atomic mass is 9.86. The van der Waals surface area contributed by atoms with Crippen molar-refractivity contribution in [1.29, 1.82) is 0 Å². The van der Waals surface area contributed by atoms with E-state index >= 15 is 0 Å². The SMILES string of the molecule is CN(C)C(=O)c1ccc(CN2CC[C@H](N3CCOCC3)[C@H](CCCO)C2)o1. The Kier molecular flexibility index (Phi) is 7.29. The Labute approximate surface area is 161 Å². The number of carbonyl (C=O) groups excluding carboxylic acids is 1. The number of hydrogen-bond acceptors (Lipinski definition) is 6.